The summed E-state index contributed by atoms with van der Waals surface area (Å²) in [5, 5.41) is 15.0. The van der Waals surface area contributed by atoms with Gasteiger partial charge in [-0.25, -0.2) is 0 Å². The molecule has 3 N–H and O–H groups in total. The number of hydrogen-bond acceptors (Lipinski definition) is 4. The summed E-state index contributed by atoms with van der Waals surface area (Å²) in [6.45, 7) is 4.47. The van der Waals surface area contributed by atoms with E-state index >= 15 is 0 Å². The molecule has 5 nitrogen and oxygen atoms in total. The number of anilines is 1. The molecule has 0 bridgehead atoms. The first-order valence-electron chi connectivity index (χ1n) is 6.85. The second-order valence-corrected chi connectivity index (χ2v) is 5.02. The minimum absolute atomic E-state index is 0.109. The lowest BCUT2D eigenvalue weighted by Crippen LogP contribution is -2.39. The van der Waals surface area contributed by atoms with Gasteiger partial charge in [0.05, 0.1) is 13.7 Å². The molecule has 0 aliphatic heterocycles. The van der Waals surface area contributed by atoms with E-state index in [1.54, 1.807) is 13.2 Å². The molecule has 0 aliphatic rings. The van der Waals surface area contributed by atoms with Crippen molar-refractivity contribution in [3.63, 3.8) is 0 Å². The third kappa shape index (κ3) is 5.59. The van der Waals surface area contributed by atoms with Crippen LogP contribution in [-0.4, -0.2) is 37.3 Å². The zero-order chi connectivity index (χ0) is 15.0. The van der Waals surface area contributed by atoms with E-state index in [1.807, 2.05) is 18.2 Å². The number of aliphatic hydroxyl groups excluding tert-OH is 1. The summed E-state index contributed by atoms with van der Waals surface area (Å²) >= 11 is 0. The van der Waals surface area contributed by atoms with Crippen LogP contribution in [0.4, 0.5) is 5.69 Å². The van der Waals surface area contributed by atoms with E-state index in [1.165, 1.54) is 0 Å². The van der Waals surface area contributed by atoms with E-state index in [4.69, 9.17) is 9.84 Å². The maximum Gasteiger partial charge on any atom is 0.238 e. The fraction of sp³-hybridized carbons (Fsp3) is 0.533. The third-order valence-corrected chi connectivity index (χ3v) is 3.12. The summed E-state index contributed by atoms with van der Waals surface area (Å²) in [6, 6.07) is 7.37. The van der Waals surface area contributed by atoms with Gasteiger partial charge < -0.3 is 20.5 Å². The first-order chi connectivity index (χ1) is 9.56. The molecule has 1 aromatic carbocycles. The Balaban J connectivity index is 2.46. The number of hydrogen-bond donors (Lipinski definition) is 3. The Morgan fingerprint density at radius 2 is 2.15 bits per heavy atom. The molecule has 0 heterocycles. The van der Waals surface area contributed by atoms with E-state index in [-0.39, 0.29) is 25.1 Å². The largest absolute Gasteiger partial charge is 0.497 e. The van der Waals surface area contributed by atoms with Gasteiger partial charge in [0.2, 0.25) is 5.91 Å². The molecule has 0 spiro atoms. The fourth-order valence-electron chi connectivity index (χ4n) is 1.94. The standard InChI is InChI=1S/C15H24N2O3/c1-11(2)14(7-8-18)16-10-15(19)17-12-5-4-6-13(9-12)20-3/h4-6,9,11,14,16,18H,7-8,10H2,1-3H3,(H,17,19). The number of aliphatic hydroxyl groups is 1. The molecule has 0 saturated carbocycles. The van der Waals surface area contributed by atoms with Crippen LogP contribution in [-0.2, 0) is 4.79 Å². The Morgan fingerprint density at radius 1 is 1.40 bits per heavy atom. The first-order valence-corrected chi connectivity index (χ1v) is 6.85. The van der Waals surface area contributed by atoms with Gasteiger partial charge in [0.1, 0.15) is 5.75 Å². The molecule has 5 heteroatoms. The number of benzene rings is 1. The summed E-state index contributed by atoms with van der Waals surface area (Å²) < 4.78 is 5.10. The fourth-order valence-corrected chi connectivity index (χ4v) is 1.94. The van der Waals surface area contributed by atoms with Gasteiger partial charge in [-0.1, -0.05) is 19.9 Å². The van der Waals surface area contributed by atoms with E-state index in [0.29, 0.717) is 23.8 Å². The lowest BCUT2D eigenvalue weighted by atomic mass is 10.0. The highest BCUT2D eigenvalue weighted by molar-refractivity contribution is 5.92. The monoisotopic (exact) mass is 280 g/mol. The van der Waals surface area contributed by atoms with Gasteiger partial charge in [-0.05, 0) is 24.5 Å². The van der Waals surface area contributed by atoms with Crippen molar-refractivity contribution in [3.05, 3.63) is 24.3 Å². The second-order valence-electron chi connectivity index (χ2n) is 5.02. The van der Waals surface area contributed by atoms with Crippen molar-refractivity contribution in [2.24, 2.45) is 5.92 Å². The predicted octanol–water partition coefficient (Wildman–Crippen LogP) is 1.63. The van der Waals surface area contributed by atoms with Gasteiger partial charge in [0, 0.05) is 24.4 Å². The number of rotatable bonds is 8. The molecule has 0 aliphatic carbocycles. The molecular weight excluding hydrogens is 256 g/mol. The molecule has 112 valence electrons. The summed E-state index contributed by atoms with van der Waals surface area (Å²) in [5.74, 6) is 0.963. The van der Waals surface area contributed by atoms with Crippen LogP contribution < -0.4 is 15.4 Å². The number of carbonyl (C=O) groups is 1. The Hall–Kier alpha value is -1.59. The van der Waals surface area contributed by atoms with Gasteiger partial charge >= 0.3 is 0 Å². The van der Waals surface area contributed by atoms with E-state index in [2.05, 4.69) is 24.5 Å². The maximum atomic E-state index is 11.9. The molecular formula is C15H24N2O3. The number of methoxy groups -OCH3 is 1. The average molecular weight is 280 g/mol. The van der Waals surface area contributed by atoms with Crippen LogP contribution in [0.2, 0.25) is 0 Å². The molecule has 1 aromatic rings. The normalized spacial score (nSPS) is 12.2. The maximum absolute atomic E-state index is 11.9. The lowest BCUT2D eigenvalue weighted by molar-refractivity contribution is -0.115. The number of carbonyl (C=O) groups excluding carboxylic acids is 1. The lowest BCUT2D eigenvalue weighted by Gasteiger charge is -2.21. The summed E-state index contributed by atoms with van der Waals surface area (Å²) in [6.07, 6.45) is 0.643. The van der Waals surface area contributed by atoms with Crippen molar-refractivity contribution in [3.8, 4) is 5.75 Å². The Morgan fingerprint density at radius 3 is 2.75 bits per heavy atom. The SMILES string of the molecule is COc1cccc(NC(=O)CNC(CCO)C(C)C)c1. The van der Waals surface area contributed by atoms with Gasteiger partial charge in [-0.2, -0.15) is 0 Å². The molecule has 1 rings (SSSR count). The molecule has 0 saturated heterocycles. The summed E-state index contributed by atoms with van der Waals surface area (Å²) in [5.41, 5.74) is 0.708. The van der Waals surface area contributed by atoms with Gasteiger partial charge in [-0.3, -0.25) is 4.79 Å². The van der Waals surface area contributed by atoms with Crippen LogP contribution in [0.5, 0.6) is 5.75 Å². The van der Waals surface area contributed by atoms with Crippen molar-refractivity contribution < 1.29 is 14.6 Å². The van der Waals surface area contributed by atoms with Crippen molar-refractivity contribution in [2.45, 2.75) is 26.3 Å². The molecule has 0 aromatic heterocycles. The molecule has 20 heavy (non-hydrogen) atoms. The topological polar surface area (TPSA) is 70.6 Å². The third-order valence-electron chi connectivity index (χ3n) is 3.12. The number of amides is 1. The van der Waals surface area contributed by atoms with Crippen molar-refractivity contribution in [1.29, 1.82) is 0 Å². The smallest absolute Gasteiger partial charge is 0.238 e. The van der Waals surface area contributed by atoms with E-state index in [0.717, 1.165) is 0 Å². The minimum Gasteiger partial charge on any atom is -0.497 e. The van der Waals surface area contributed by atoms with Crippen LogP contribution in [0.15, 0.2) is 24.3 Å². The first kappa shape index (κ1) is 16.5. The minimum atomic E-state index is -0.109. The van der Waals surface area contributed by atoms with Crippen LogP contribution in [0.3, 0.4) is 0 Å². The summed E-state index contributed by atoms with van der Waals surface area (Å²) in [7, 11) is 1.59. The number of ether oxygens (including phenoxy) is 1. The van der Waals surface area contributed by atoms with Crippen LogP contribution in [0, 0.1) is 5.92 Å². The van der Waals surface area contributed by atoms with Crippen molar-refractivity contribution in [2.75, 3.05) is 25.6 Å². The molecule has 1 amide bonds. The highest BCUT2D eigenvalue weighted by atomic mass is 16.5. The van der Waals surface area contributed by atoms with Crippen molar-refractivity contribution in [1.82, 2.24) is 5.32 Å². The zero-order valence-corrected chi connectivity index (χ0v) is 12.3. The van der Waals surface area contributed by atoms with Gasteiger partial charge in [0.25, 0.3) is 0 Å². The van der Waals surface area contributed by atoms with E-state index in [9.17, 15) is 4.79 Å². The predicted molar refractivity (Wildman–Crippen MR) is 80.0 cm³/mol. The molecule has 0 radical (unpaired) electrons. The Labute approximate surface area is 120 Å². The molecule has 0 fully saturated rings. The number of nitrogens with one attached hydrogen (secondary N) is 2. The van der Waals surface area contributed by atoms with Gasteiger partial charge in [-0.15, -0.1) is 0 Å². The highest BCUT2D eigenvalue weighted by Gasteiger charge is 2.13. The van der Waals surface area contributed by atoms with Crippen LogP contribution >= 0.6 is 0 Å². The zero-order valence-electron chi connectivity index (χ0n) is 12.3. The highest BCUT2D eigenvalue weighted by Crippen LogP contribution is 2.16. The second kappa shape index (κ2) is 8.55. The van der Waals surface area contributed by atoms with Crippen LogP contribution in [0.25, 0.3) is 0 Å². The summed E-state index contributed by atoms with van der Waals surface area (Å²) in [4.78, 5) is 11.9. The molecule has 1 atom stereocenters. The Bertz CT molecular complexity index is 421. The van der Waals surface area contributed by atoms with Crippen LogP contribution in [0.1, 0.15) is 20.3 Å². The molecule has 1 unspecified atom stereocenters. The Kier molecular flexibility index (Phi) is 7.04. The quantitative estimate of drug-likeness (QED) is 0.677. The van der Waals surface area contributed by atoms with E-state index < -0.39 is 0 Å². The van der Waals surface area contributed by atoms with Gasteiger partial charge in [0.15, 0.2) is 0 Å². The average Bonchev–Trinajstić information content (AvgIpc) is 2.43. The van der Waals surface area contributed by atoms with Crippen molar-refractivity contribution >= 4 is 11.6 Å².